The Morgan fingerprint density at radius 2 is 1.90 bits per heavy atom. The molecule has 1 N–H and O–H groups in total. The van der Waals surface area contributed by atoms with Gasteiger partial charge >= 0.3 is 0 Å². The van der Waals surface area contributed by atoms with Crippen LogP contribution in [0, 0.1) is 5.92 Å². The van der Waals surface area contributed by atoms with Gasteiger partial charge in [-0.15, -0.1) is 0 Å². The number of amides is 2. The van der Waals surface area contributed by atoms with Crippen LogP contribution in [0.1, 0.15) is 31.9 Å². The number of aryl methyl sites for hydroxylation is 1. The number of hydrogen-bond donors (Lipinski definition) is 1. The Kier molecular flexibility index (Phi) is 4.42. The van der Waals surface area contributed by atoms with Gasteiger partial charge in [-0.2, -0.15) is 0 Å². The number of carbonyl (C=O) groups is 2. The van der Waals surface area contributed by atoms with Gasteiger partial charge in [0.25, 0.3) is 0 Å². The first kappa shape index (κ1) is 14.6. The lowest BCUT2D eigenvalue weighted by molar-refractivity contribution is -0.146. The SMILES string of the molecule is CCc1ccccc1CN1CC(=O)NC(C(C)C)C1=O. The number of hydrogen-bond acceptors (Lipinski definition) is 2. The van der Waals surface area contributed by atoms with Crippen LogP contribution in [0.4, 0.5) is 0 Å². The number of nitrogens with one attached hydrogen (secondary N) is 1. The van der Waals surface area contributed by atoms with Gasteiger partial charge in [-0.3, -0.25) is 9.59 Å². The average molecular weight is 274 g/mol. The van der Waals surface area contributed by atoms with Crippen LogP contribution in [0.5, 0.6) is 0 Å². The minimum atomic E-state index is -0.398. The lowest BCUT2D eigenvalue weighted by atomic mass is 9.99. The number of piperazine rings is 1. The van der Waals surface area contributed by atoms with E-state index in [1.165, 1.54) is 5.56 Å². The molecule has 0 aromatic heterocycles. The molecule has 0 bridgehead atoms. The number of benzene rings is 1. The topological polar surface area (TPSA) is 49.4 Å². The van der Waals surface area contributed by atoms with Crippen LogP contribution in [0.3, 0.4) is 0 Å². The molecule has 2 amide bonds. The highest BCUT2D eigenvalue weighted by molar-refractivity contribution is 5.94. The smallest absolute Gasteiger partial charge is 0.246 e. The molecule has 1 atom stereocenters. The molecular formula is C16H22N2O2. The van der Waals surface area contributed by atoms with Crippen molar-refractivity contribution >= 4 is 11.8 Å². The fourth-order valence-electron chi connectivity index (χ4n) is 2.58. The molecule has 4 heteroatoms. The molecule has 1 heterocycles. The van der Waals surface area contributed by atoms with Gasteiger partial charge in [0, 0.05) is 6.54 Å². The third-order valence-electron chi connectivity index (χ3n) is 3.76. The van der Waals surface area contributed by atoms with E-state index in [0.29, 0.717) is 6.54 Å². The van der Waals surface area contributed by atoms with E-state index >= 15 is 0 Å². The summed E-state index contributed by atoms with van der Waals surface area (Å²) in [4.78, 5) is 25.9. The highest BCUT2D eigenvalue weighted by Crippen LogP contribution is 2.17. The molecule has 2 rings (SSSR count). The summed E-state index contributed by atoms with van der Waals surface area (Å²) >= 11 is 0. The van der Waals surface area contributed by atoms with Crippen LogP contribution in [0.2, 0.25) is 0 Å². The highest BCUT2D eigenvalue weighted by Gasteiger charge is 2.34. The Morgan fingerprint density at radius 1 is 1.25 bits per heavy atom. The predicted octanol–water partition coefficient (Wildman–Crippen LogP) is 1.73. The van der Waals surface area contributed by atoms with Gasteiger partial charge in [0.2, 0.25) is 11.8 Å². The van der Waals surface area contributed by atoms with Crippen molar-refractivity contribution in [3.8, 4) is 0 Å². The van der Waals surface area contributed by atoms with Crippen molar-refractivity contribution in [1.82, 2.24) is 10.2 Å². The molecule has 0 radical (unpaired) electrons. The fourth-order valence-corrected chi connectivity index (χ4v) is 2.58. The molecule has 1 fully saturated rings. The average Bonchev–Trinajstić information content (AvgIpc) is 2.42. The van der Waals surface area contributed by atoms with Gasteiger partial charge in [0.05, 0.1) is 6.54 Å². The van der Waals surface area contributed by atoms with Crippen molar-refractivity contribution in [3.05, 3.63) is 35.4 Å². The molecular weight excluding hydrogens is 252 g/mol. The maximum atomic E-state index is 12.4. The van der Waals surface area contributed by atoms with E-state index in [9.17, 15) is 9.59 Å². The predicted molar refractivity (Wildman–Crippen MR) is 78.0 cm³/mol. The summed E-state index contributed by atoms with van der Waals surface area (Å²) in [6.07, 6.45) is 0.929. The molecule has 1 unspecified atom stereocenters. The summed E-state index contributed by atoms with van der Waals surface area (Å²) in [5, 5.41) is 2.78. The number of carbonyl (C=O) groups excluding carboxylic acids is 2. The molecule has 1 aromatic carbocycles. The first-order valence-electron chi connectivity index (χ1n) is 7.17. The van der Waals surface area contributed by atoms with Crippen LogP contribution in [-0.2, 0) is 22.6 Å². The molecule has 0 saturated carbocycles. The largest absolute Gasteiger partial charge is 0.343 e. The van der Waals surface area contributed by atoms with Gasteiger partial charge in [-0.25, -0.2) is 0 Å². The Bertz CT molecular complexity index is 511. The van der Waals surface area contributed by atoms with E-state index in [1.54, 1.807) is 4.90 Å². The summed E-state index contributed by atoms with van der Waals surface area (Å²) in [6, 6.07) is 7.68. The van der Waals surface area contributed by atoms with E-state index in [-0.39, 0.29) is 24.3 Å². The minimum absolute atomic E-state index is 0.0190. The molecule has 0 aliphatic carbocycles. The van der Waals surface area contributed by atoms with Gasteiger partial charge in [0.15, 0.2) is 0 Å². The van der Waals surface area contributed by atoms with Gasteiger partial charge in [-0.1, -0.05) is 45.0 Å². The monoisotopic (exact) mass is 274 g/mol. The van der Waals surface area contributed by atoms with Crippen LogP contribution in [0.15, 0.2) is 24.3 Å². The van der Waals surface area contributed by atoms with E-state index in [2.05, 4.69) is 18.3 Å². The van der Waals surface area contributed by atoms with Crippen molar-refractivity contribution in [2.75, 3.05) is 6.54 Å². The molecule has 1 aliphatic rings. The first-order valence-corrected chi connectivity index (χ1v) is 7.17. The molecule has 0 spiro atoms. The van der Waals surface area contributed by atoms with Gasteiger partial charge in [0.1, 0.15) is 6.04 Å². The van der Waals surface area contributed by atoms with E-state index in [0.717, 1.165) is 12.0 Å². The van der Waals surface area contributed by atoms with Crippen molar-refractivity contribution in [1.29, 1.82) is 0 Å². The Balaban J connectivity index is 2.19. The first-order chi connectivity index (χ1) is 9.52. The lowest BCUT2D eigenvalue weighted by Crippen LogP contribution is -2.59. The van der Waals surface area contributed by atoms with E-state index < -0.39 is 6.04 Å². The molecule has 1 saturated heterocycles. The molecule has 4 nitrogen and oxygen atoms in total. The molecule has 108 valence electrons. The maximum Gasteiger partial charge on any atom is 0.246 e. The fraction of sp³-hybridized carbons (Fsp3) is 0.500. The zero-order valence-corrected chi connectivity index (χ0v) is 12.3. The summed E-state index contributed by atoms with van der Waals surface area (Å²) in [5.41, 5.74) is 2.35. The summed E-state index contributed by atoms with van der Waals surface area (Å²) in [6.45, 7) is 6.67. The Labute approximate surface area is 120 Å². The van der Waals surface area contributed by atoms with E-state index in [4.69, 9.17) is 0 Å². The van der Waals surface area contributed by atoms with Crippen molar-refractivity contribution in [2.24, 2.45) is 5.92 Å². The van der Waals surface area contributed by atoms with E-state index in [1.807, 2.05) is 32.0 Å². The second kappa shape index (κ2) is 6.07. The Hall–Kier alpha value is -1.84. The molecule has 1 aliphatic heterocycles. The maximum absolute atomic E-state index is 12.4. The third-order valence-corrected chi connectivity index (χ3v) is 3.76. The highest BCUT2D eigenvalue weighted by atomic mass is 16.2. The normalized spacial score (nSPS) is 19.4. The third kappa shape index (κ3) is 3.00. The second-order valence-electron chi connectivity index (χ2n) is 5.61. The van der Waals surface area contributed by atoms with Crippen molar-refractivity contribution < 1.29 is 9.59 Å². The number of rotatable bonds is 4. The van der Waals surface area contributed by atoms with Crippen LogP contribution < -0.4 is 5.32 Å². The van der Waals surface area contributed by atoms with Crippen molar-refractivity contribution in [3.63, 3.8) is 0 Å². The summed E-state index contributed by atoms with van der Waals surface area (Å²) in [7, 11) is 0. The zero-order valence-electron chi connectivity index (χ0n) is 12.3. The zero-order chi connectivity index (χ0) is 14.7. The quantitative estimate of drug-likeness (QED) is 0.909. The minimum Gasteiger partial charge on any atom is -0.343 e. The summed E-state index contributed by atoms with van der Waals surface area (Å²) in [5.74, 6) is 0.0541. The molecule has 1 aromatic rings. The lowest BCUT2D eigenvalue weighted by Gasteiger charge is -2.34. The standard InChI is InChI=1S/C16H22N2O2/c1-4-12-7-5-6-8-13(12)9-18-10-14(19)17-15(11(2)3)16(18)20/h5-8,11,15H,4,9-10H2,1-3H3,(H,17,19). The number of nitrogens with zero attached hydrogens (tertiary/aromatic N) is 1. The summed E-state index contributed by atoms with van der Waals surface area (Å²) < 4.78 is 0. The van der Waals surface area contributed by atoms with Gasteiger partial charge in [-0.05, 0) is 23.5 Å². The Morgan fingerprint density at radius 3 is 2.50 bits per heavy atom. The van der Waals surface area contributed by atoms with Crippen LogP contribution in [-0.4, -0.2) is 29.3 Å². The van der Waals surface area contributed by atoms with Crippen LogP contribution in [0.25, 0.3) is 0 Å². The van der Waals surface area contributed by atoms with Crippen molar-refractivity contribution in [2.45, 2.75) is 39.8 Å². The second-order valence-corrected chi connectivity index (χ2v) is 5.61. The van der Waals surface area contributed by atoms with Gasteiger partial charge < -0.3 is 10.2 Å². The molecule has 20 heavy (non-hydrogen) atoms. The van der Waals surface area contributed by atoms with Crippen LogP contribution >= 0.6 is 0 Å².